The Hall–Kier alpha value is -2.20. The van der Waals surface area contributed by atoms with Crippen molar-refractivity contribution in [3.8, 4) is 5.75 Å². The topological polar surface area (TPSA) is 168 Å². The number of aliphatic hydroxyl groups is 3. The zero-order chi connectivity index (χ0) is 17.3. The number of rotatable bonds is 6. The van der Waals surface area contributed by atoms with E-state index in [-0.39, 0.29) is 5.75 Å². The lowest BCUT2D eigenvalue weighted by atomic mass is 10.1. The molecule has 0 bridgehead atoms. The minimum Gasteiger partial charge on any atom is -0.508 e. The van der Waals surface area contributed by atoms with Crippen LogP contribution in [0.15, 0.2) is 24.3 Å². The number of phenolic OH excluding ortho intramolecular Hbond substituents is 1. The first-order valence-electron chi connectivity index (χ1n) is 6.14. The number of phenols is 1. The molecule has 9 heteroatoms. The van der Waals surface area contributed by atoms with Crippen molar-refractivity contribution in [2.45, 2.75) is 18.3 Å². The molecule has 1 aromatic rings. The van der Waals surface area contributed by atoms with E-state index in [1.807, 2.05) is 0 Å². The molecule has 0 heterocycles. The predicted octanol–water partition coefficient (Wildman–Crippen LogP) is -1.48. The molecular weight excluding hydrogens is 298 g/mol. The van der Waals surface area contributed by atoms with Crippen LogP contribution in [-0.2, 0) is 9.59 Å². The lowest BCUT2D eigenvalue weighted by Gasteiger charge is -2.09. The average molecular weight is 317 g/mol. The first kappa shape index (κ1) is 19.8. The van der Waals surface area contributed by atoms with Crippen molar-refractivity contribution < 1.29 is 40.2 Å². The van der Waals surface area contributed by atoms with Crippen molar-refractivity contribution in [2.24, 2.45) is 0 Å². The Morgan fingerprint density at radius 1 is 1.00 bits per heavy atom. The summed E-state index contributed by atoms with van der Waals surface area (Å²) in [4.78, 5) is 19.5. The van der Waals surface area contributed by atoms with E-state index in [0.29, 0.717) is 6.54 Å². The Morgan fingerprint density at radius 3 is 1.73 bits per heavy atom. The van der Waals surface area contributed by atoms with Crippen LogP contribution in [0.5, 0.6) is 5.75 Å². The smallest absolute Gasteiger partial charge is 0.335 e. The third-order valence-electron chi connectivity index (χ3n) is 2.48. The van der Waals surface area contributed by atoms with Gasteiger partial charge in [-0.3, -0.25) is 0 Å². The van der Waals surface area contributed by atoms with Gasteiger partial charge in [-0.25, -0.2) is 9.59 Å². The summed E-state index contributed by atoms with van der Waals surface area (Å²) >= 11 is 0. The number of benzene rings is 1. The minimum absolute atomic E-state index is 0.218. The summed E-state index contributed by atoms with van der Waals surface area (Å²) < 4.78 is 0. The molecule has 7 N–H and O–H groups in total. The van der Waals surface area contributed by atoms with Crippen molar-refractivity contribution in [3.05, 3.63) is 29.8 Å². The quantitative estimate of drug-likeness (QED) is 0.331. The van der Waals surface area contributed by atoms with Crippen LogP contribution in [0, 0.1) is 0 Å². The molecule has 1 rings (SSSR count). The van der Waals surface area contributed by atoms with Crippen molar-refractivity contribution in [2.75, 3.05) is 13.6 Å². The molecule has 9 nitrogen and oxygen atoms in total. The summed E-state index contributed by atoms with van der Waals surface area (Å²) in [6.45, 7) is 0.519. The molecule has 0 saturated carbocycles. The monoisotopic (exact) mass is 317 g/mol. The number of carboxylic acid groups (broad SMARTS) is 2. The third kappa shape index (κ3) is 6.99. The minimum atomic E-state index is -2.27. The Labute approximate surface area is 126 Å². The van der Waals surface area contributed by atoms with Gasteiger partial charge < -0.3 is 36.0 Å². The van der Waals surface area contributed by atoms with E-state index in [0.717, 1.165) is 5.56 Å². The lowest BCUT2D eigenvalue weighted by Crippen LogP contribution is -2.39. The molecule has 0 amide bonds. The van der Waals surface area contributed by atoms with Crippen molar-refractivity contribution >= 4 is 11.9 Å². The average Bonchev–Trinajstić information content (AvgIpc) is 2.47. The highest BCUT2D eigenvalue weighted by atomic mass is 16.4. The van der Waals surface area contributed by atoms with E-state index in [1.165, 1.54) is 0 Å². The maximum absolute atomic E-state index is 9.77. The van der Waals surface area contributed by atoms with Crippen LogP contribution in [0.2, 0.25) is 0 Å². The van der Waals surface area contributed by atoms with Gasteiger partial charge in [-0.05, 0) is 24.7 Å². The summed E-state index contributed by atoms with van der Waals surface area (Å²) in [5, 5.41) is 53.8. The summed E-state index contributed by atoms with van der Waals surface area (Å²) in [5.41, 5.74) is 0.808. The molecule has 0 aromatic heterocycles. The van der Waals surface area contributed by atoms with Gasteiger partial charge in [-0.2, -0.15) is 0 Å². The Balaban J connectivity index is 0.000000409. The molecule has 124 valence electrons. The molecule has 0 aliphatic heterocycles. The molecule has 0 aliphatic rings. The number of carbonyl (C=O) groups is 2. The number of hydrogen-bond donors (Lipinski definition) is 7. The first-order valence-corrected chi connectivity index (χ1v) is 6.14. The van der Waals surface area contributed by atoms with Gasteiger partial charge in [0.1, 0.15) is 5.75 Å². The zero-order valence-corrected chi connectivity index (χ0v) is 11.7. The molecule has 22 heavy (non-hydrogen) atoms. The maximum atomic E-state index is 9.77. The van der Waals surface area contributed by atoms with Gasteiger partial charge in [0.25, 0.3) is 0 Å². The van der Waals surface area contributed by atoms with Crippen LogP contribution in [0.4, 0.5) is 0 Å². The largest absolute Gasteiger partial charge is 0.508 e. The molecule has 0 fully saturated rings. The second-order valence-corrected chi connectivity index (χ2v) is 4.23. The van der Waals surface area contributed by atoms with Crippen LogP contribution >= 0.6 is 0 Å². The number of likely N-dealkylation sites (N-methyl/N-ethyl adjacent to an activating group) is 1. The van der Waals surface area contributed by atoms with Crippen LogP contribution in [0.25, 0.3) is 0 Å². The highest BCUT2D eigenvalue weighted by molar-refractivity contribution is 5.83. The maximum Gasteiger partial charge on any atom is 0.335 e. The molecular formula is C13H19NO8. The fourth-order valence-corrected chi connectivity index (χ4v) is 1.28. The summed E-state index contributed by atoms with van der Waals surface area (Å²) in [7, 11) is 1.78. The Bertz CT molecular complexity index is 457. The van der Waals surface area contributed by atoms with Gasteiger partial charge in [0.05, 0.1) is 6.10 Å². The molecule has 1 aromatic carbocycles. The second-order valence-electron chi connectivity index (χ2n) is 4.23. The highest BCUT2D eigenvalue weighted by Crippen LogP contribution is 2.15. The molecule has 0 aliphatic carbocycles. The molecule has 3 atom stereocenters. The number of hydrogen-bond acceptors (Lipinski definition) is 7. The zero-order valence-electron chi connectivity index (χ0n) is 11.7. The van der Waals surface area contributed by atoms with Crippen molar-refractivity contribution in [1.29, 1.82) is 0 Å². The van der Waals surface area contributed by atoms with E-state index in [4.69, 9.17) is 25.5 Å². The van der Waals surface area contributed by atoms with Gasteiger partial charge in [0.2, 0.25) is 0 Å². The van der Waals surface area contributed by atoms with E-state index in [9.17, 15) is 14.7 Å². The van der Waals surface area contributed by atoms with E-state index in [2.05, 4.69) is 5.32 Å². The lowest BCUT2D eigenvalue weighted by molar-refractivity contribution is -0.165. The van der Waals surface area contributed by atoms with Crippen LogP contribution in [0.3, 0.4) is 0 Å². The number of aliphatic carboxylic acids is 2. The molecule has 0 spiro atoms. The number of aliphatic hydroxyl groups excluding tert-OH is 3. The van der Waals surface area contributed by atoms with Crippen LogP contribution < -0.4 is 5.32 Å². The van der Waals surface area contributed by atoms with Gasteiger partial charge in [-0.15, -0.1) is 0 Å². The Morgan fingerprint density at radius 2 is 1.41 bits per heavy atom. The molecule has 0 radical (unpaired) electrons. The number of aromatic hydroxyl groups is 1. The number of nitrogens with one attached hydrogen (secondary N) is 1. The van der Waals surface area contributed by atoms with Crippen molar-refractivity contribution in [1.82, 2.24) is 5.32 Å². The van der Waals surface area contributed by atoms with E-state index in [1.54, 1.807) is 31.3 Å². The fraction of sp³-hybridized carbons (Fsp3) is 0.385. The van der Waals surface area contributed by atoms with E-state index >= 15 is 0 Å². The van der Waals surface area contributed by atoms with Gasteiger partial charge in [0, 0.05) is 6.54 Å². The molecule has 0 saturated heterocycles. The SMILES string of the molecule is CNCC(O)c1ccc(O)cc1.O=C(O)C(O)C(O)C(=O)O. The van der Waals surface area contributed by atoms with Gasteiger partial charge in [0.15, 0.2) is 12.2 Å². The Kier molecular flexibility index (Phi) is 8.72. The van der Waals surface area contributed by atoms with E-state index < -0.39 is 30.3 Å². The van der Waals surface area contributed by atoms with Gasteiger partial charge in [-0.1, -0.05) is 12.1 Å². The van der Waals surface area contributed by atoms with Crippen LogP contribution in [0.1, 0.15) is 11.7 Å². The predicted molar refractivity (Wildman–Crippen MR) is 74.3 cm³/mol. The molecule has 3 unspecified atom stereocenters. The van der Waals surface area contributed by atoms with Gasteiger partial charge >= 0.3 is 11.9 Å². The standard InChI is InChI=1S/C9H13NO2.C4H6O6/c1-10-6-9(12)7-2-4-8(11)5-3-7;5-1(3(7)8)2(6)4(9)10/h2-5,9-12H,6H2,1H3;1-2,5-6H,(H,7,8)(H,9,10). The third-order valence-corrected chi connectivity index (χ3v) is 2.48. The fourth-order valence-electron chi connectivity index (χ4n) is 1.28. The second kappa shape index (κ2) is 9.68. The number of carboxylic acids is 2. The van der Waals surface area contributed by atoms with Crippen LogP contribution in [-0.4, -0.2) is 68.4 Å². The summed E-state index contributed by atoms with van der Waals surface area (Å²) in [6.07, 6.45) is -5.04. The highest BCUT2D eigenvalue weighted by Gasteiger charge is 2.29. The summed E-state index contributed by atoms with van der Waals surface area (Å²) in [5.74, 6) is -3.32. The first-order chi connectivity index (χ1) is 10.2. The normalized spacial score (nSPS) is 14.2. The van der Waals surface area contributed by atoms with Crippen molar-refractivity contribution in [3.63, 3.8) is 0 Å². The summed E-state index contributed by atoms with van der Waals surface area (Å²) in [6, 6.07) is 6.54.